The Hall–Kier alpha value is -1.69. The lowest BCUT2D eigenvalue weighted by molar-refractivity contribution is -0.142. The van der Waals surface area contributed by atoms with Crippen LogP contribution >= 0.6 is 11.3 Å². The molecule has 0 unspecified atom stereocenters. The van der Waals surface area contributed by atoms with Gasteiger partial charge in [0.15, 0.2) is 0 Å². The van der Waals surface area contributed by atoms with Gasteiger partial charge in [-0.2, -0.15) is 0 Å². The van der Waals surface area contributed by atoms with Crippen LogP contribution in [-0.2, 0) is 9.53 Å². The number of carbonyl (C=O) groups excluding carboxylic acids is 1. The molecule has 0 saturated heterocycles. The van der Waals surface area contributed by atoms with Crippen molar-refractivity contribution in [3.63, 3.8) is 0 Å². The largest absolute Gasteiger partial charge is 0.466 e. The second kappa shape index (κ2) is 5.97. The molecule has 2 rings (SSSR count). The van der Waals surface area contributed by atoms with E-state index in [0.717, 1.165) is 16.0 Å². The number of hydrogen-bond acceptors (Lipinski definition) is 6. The topological polar surface area (TPSA) is 64.1 Å². The maximum atomic E-state index is 11.3. The molecule has 2 aromatic rings. The van der Waals surface area contributed by atoms with Gasteiger partial charge in [0.05, 0.1) is 18.4 Å². The van der Waals surface area contributed by atoms with Gasteiger partial charge in [0.25, 0.3) is 0 Å². The average Bonchev–Trinajstić information content (AvgIpc) is 2.66. The zero-order valence-electron chi connectivity index (χ0n) is 11.3. The molecule has 0 spiro atoms. The highest BCUT2D eigenvalue weighted by atomic mass is 32.1. The Labute approximate surface area is 116 Å². The zero-order valence-corrected chi connectivity index (χ0v) is 12.1. The molecule has 0 saturated carbocycles. The smallest absolute Gasteiger partial charge is 0.307 e. The summed E-state index contributed by atoms with van der Waals surface area (Å²) < 4.78 is 4.89. The molecule has 6 heteroatoms. The molecule has 0 amide bonds. The minimum absolute atomic E-state index is 0.196. The van der Waals surface area contributed by atoms with E-state index in [1.54, 1.807) is 24.6 Å². The van der Waals surface area contributed by atoms with Crippen molar-refractivity contribution in [2.45, 2.75) is 27.2 Å². The molecule has 0 atom stereocenters. The number of nitrogens with one attached hydrogen (secondary N) is 1. The molecule has 19 heavy (non-hydrogen) atoms. The third-order valence-electron chi connectivity index (χ3n) is 2.89. The van der Waals surface area contributed by atoms with Crippen LogP contribution in [0.5, 0.6) is 0 Å². The summed E-state index contributed by atoms with van der Waals surface area (Å²) in [6.07, 6.45) is 1.88. The van der Waals surface area contributed by atoms with Crippen molar-refractivity contribution in [1.29, 1.82) is 0 Å². The first-order valence-electron chi connectivity index (χ1n) is 6.23. The number of fused-ring (bicyclic) bond motifs is 1. The summed E-state index contributed by atoms with van der Waals surface area (Å²) in [6, 6.07) is 0. The summed E-state index contributed by atoms with van der Waals surface area (Å²) in [4.78, 5) is 22.0. The quantitative estimate of drug-likeness (QED) is 0.852. The predicted octanol–water partition coefficient (Wildman–Crippen LogP) is 2.67. The summed E-state index contributed by atoms with van der Waals surface area (Å²) in [5, 5.41) is 4.24. The molecule has 0 aliphatic rings. The van der Waals surface area contributed by atoms with Crippen LogP contribution in [0.15, 0.2) is 6.33 Å². The summed E-state index contributed by atoms with van der Waals surface area (Å²) in [5.74, 6) is 0.592. The van der Waals surface area contributed by atoms with Gasteiger partial charge in [-0.3, -0.25) is 4.79 Å². The number of rotatable bonds is 5. The first kappa shape index (κ1) is 13.7. The number of aryl methyl sites for hydroxylation is 2. The van der Waals surface area contributed by atoms with Gasteiger partial charge in [-0.1, -0.05) is 0 Å². The highest BCUT2D eigenvalue weighted by Gasteiger charge is 2.11. The van der Waals surface area contributed by atoms with E-state index >= 15 is 0 Å². The number of ether oxygens (including phenoxy) is 1. The fraction of sp³-hybridized carbons (Fsp3) is 0.462. The van der Waals surface area contributed by atoms with Crippen LogP contribution in [0.3, 0.4) is 0 Å². The SMILES string of the molecule is CCOC(=O)CCNc1ncnc2sc(C)c(C)c12. The normalized spacial score (nSPS) is 10.7. The Morgan fingerprint density at radius 3 is 2.95 bits per heavy atom. The third-order valence-corrected chi connectivity index (χ3v) is 4.01. The van der Waals surface area contributed by atoms with Gasteiger partial charge in [0.2, 0.25) is 0 Å². The van der Waals surface area contributed by atoms with Crippen LogP contribution < -0.4 is 5.32 Å². The van der Waals surface area contributed by atoms with Crippen molar-refractivity contribution in [2.75, 3.05) is 18.5 Å². The third kappa shape index (κ3) is 3.01. The van der Waals surface area contributed by atoms with E-state index in [1.165, 1.54) is 10.4 Å². The van der Waals surface area contributed by atoms with Gasteiger partial charge in [-0.15, -0.1) is 11.3 Å². The first-order valence-corrected chi connectivity index (χ1v) is 7.05. The maximum absolute atomic E-state index is 11.3. The van der Waals surface area contributed by atoms with E-state index in [-0.39, 0.29) is 5.97 Å². The number of carbonyl (C=O) groups is 1. The molecule has 0 fully saturated rings. The summed E-state index contributed by atoms with van der Waals surface area (Å²) >= 11 is 1.66. The zero-order chi connectivity index (χ0) is 13.8. The molecule has 2 aromatic heterocycles. The Kier molecular flexibility index (Phi) is 4.31. The minimum Gasteiger partial charge on any atom is -0.466 e. The van der Waals surface area contributed by atoms with Crippen LogP contribution in [0.1, 0.15) is 23.8 Å². The fourth-order valence-electron chi connectivity index (χ4n) is 1.83. The van der Waals surface area contributed by atoms with E-state index in [2.05, 4.69) is 29.1 Å². The number of nitrogens with zero attached hydrogens (tertiary/aromatic N) is 2. The molecule has 0 aliphatic carbocycles. The lowest BCUT2D eigenvalue weighted by atomic mass is 10.2. The van der Waals surface area contributed by atoms with Crippen LogP contribution in [0, 0.1) is 13.8 Å². The van der Waals surface area contributed by atoms with Gasteiger partial charge in [0.1, 0.15) is 17.0 Å². The van der Waals surface area contributed by atoms with Gasteiger partial charge >= 0.3 is 5.97 Å². The summed E-state index contributed by atoms with van der Waals surface area (Å²) in [5.41, 5.74) is 1.19. The van der Waals surface area contributed by atoms with E-state index in [0.29, 0.717) is 19.6 Å². The van der Waals surface area contributed by atoms with Gasteiger partial charge in [-0.05, 0) is 26.3 Å². The number of thiophene rings is 1. The number of anilines is 1. The van der Waals surface area contributed by atoms with Crippen molar-refractivity contribution in [3.05, 3.63) is 16.8 Å². The average molecular weight is 279 g/mol. The van der Waals surface area contributed by atoms with Crippen molar-refractivity contribution < 1.29 is 9.53 Å². The summed E-state index contributed by atoms with van der Waals surface area (Å²) in [7, 11) is 0. The molecule has 0 aromatic carbocycles. The lowest BCUT2D eigenvalue weighted by Gasteiger charge is -2.06. The number of esters is 1. The minimum atomic E-state index is -0.196. The Balaban J connectivity index is 2.10. The molecule has 2 heterocycles. The first-order chi connectivity index (χ1) is 9.13. The molecular formula is C13H17N3O2S. The molecule has 0 radical (unpaired) electrons. The van der Waals surface area contributed by atoms with Crippen LogP contribution in [-0.4, -0.2) is 29.1 Å². The Bertz CT molecular complexity index is 595. The molecule has 0 bridgehead atoms. The van der Waals surface area contributed by atoms with E-state index in [9.17, 15) is 4.79 Å². The lowest BCUT2D eigenvalue weighted by Crippen LogP contribution is -2.12. The fourth-order valence-corrected chi connectivity index (χ4v) is 2.83. The van der Waals surface area contributed by atoms with Gasteiger partial charge in [-0.25, -0.2) is 9.97 Å². The molecule has 5 nitrogen and oxygen atoms in total. The summed E-state index contributed by atoms with van der Waals surface area (Å²) in [6.45, 7) is 6.87. The number of aromatic nitrogens is 2. The standard InChI is InChI=1S/C13H17N3O2S/c1-4-18-10(17)5-6-14-12-11-8(2)9(3)19-13(11)16-7-15-12/h7H,4-6H2,1-3H3,(H,14,15,16). The van der Waals surface area contributed by atoms with Crippen molar-refractivity contribution in [2.24, 2.45) is 0 Å². The maximum Gasteiger partial charge on any atom is 0.307 e. The molecule has 0 aliphatic heterocycles. The van der Waals surface area contributed by atoms with E-state index in [1.807, 2.05) is 0 Å². The number of hydrogen-bond donors (Lipinski definition) is 1. The second-order valence-corrected chi connectivity index (χ2v) is 5.37. The monoisotopic (exact) mass is 279 g/mol. The van der Waals surface area contributed by atoms with Crippen molar-refractivity contribution >= 4 is 33.3 Å². The molecule has 1 N–H and O–H groups in total. The van der Waals surface area contributed by atoms with Crippen LogP contribution in [0.25, 0.3) is 10.2 Å². The highest BCUT2D eigenvalue weighted by Crippen LogP contribution is 2.32. The Morgan fingerprint density at radius 2 is 2.21 bits per heavy atom. The van der Waals surface area contributed by atoms with E-state index in [4.69, 9.17) is 4.74 Å². The van der Waals surface area contributed by atoms with Gasteiger partial charge < -0.3 is 10.1 Å². The second-order valence-electron chi connectivity index (χ2n) is 4.17. The highest BCUT2D eigenvalue weighted by molar-refractivity contribution is 7.18. The van der Waals surface area contributed by atoms with Crippen LogP contribution in [0.2, 0.25) is 0 Å². The van der Waals surface area contributed by atoms with E-state index < -0.39 is 0 Å². The predicted molar refractivity (Wildman–Crippen MR) is 76.6 cm³/mol. The van der Waals surface area contributed by atoms with Gasteiger partial charge in [0, 0.05) is 11.4 Å². The van der Waals surface area contributed by atoms with Crippen LogP contribution in [0.4, 0.5) is 5.82 Å². The molecular weight excluding hydrogens is 262 g/mol. The van der Waals surface area contributed by atoms with Crippen molar-refractivity contribution in [1.82, 2.24) is 9.97 Å². The Morgan fingerprint density at radius 1 is 1.42 bits per heavy atom. The van der Waals surface area contributed by atoms with Crippen molar-refractivity contribution in [3.8, 4) is 0 Å². The molecule has 102 valence electrons.